The van der Waals surface area contributed by atoms with E-state index in [0.717, 1.165) is 12.1 Å². The van der Waals surface area contributed by atoms with E-state index in [1.54, 1.807) is 0 Å². The molecular weight excluding hydrogens is 255 g/mol. The van der Waals surface area contributed by atoms with E-state index in [2.05, 4.69) is 10.1 Å². The van der Waals surface area contributed by atoms with Crippen molar-refractivity contribution in [1.82, 2.24) is 0 Å². The van der Waals surface area contributed by atoms with Gasteiger partial charge in [-0.2, -0.15) is 0 Å². The van der Waals surface area contributed by atoms with Crippen LogP contribution in [0, 0.1) is 5.82 Å². The summed E-state index contributed by atoms with van der Waals surface area (Å²) in [7, 11) is 2.51. The molecule has 1 rings (SSSR count). The second kappa shape index (κ2) is 6.81. The number of carbonyl (C=O) groups is 2. The van der Waals surface area contributed by atoms with Gasteiger partial charge in [0.2, 0.25) is 0 Å². The zero-order valence-corrected chi connectivity index (χ0v) is 10.6. The summed E-state index contributed by atoms with van der Waals surface area (Å²) >= 11 is 0. The summed E-state index contributed by atoms with van der Waals surface area (Å²) in [6.07, 6.45) is -0.881. The van der Waals surface area contributed by atoms with E-state index in [1.807, 2.05) is 0 Å². The third kappa shape index (κ3) is 3.73. The first-order valence-corrected chi connectivity index (χ1v) is 5.45. The Bertz CT molecular complexity index is 475. The molecule has 1 amide bonds. The Hall–Kier alpha value is -1.99. The molecule has 1 unspecified atom stereocenters. The molecule has 0 aliphatic carbocycles. The first-order valence-electron chi connectivity index (χ1n) is 5.45. The fourth-order valence-corrected chi connectivity index (χ4v) is 1.43. The molecule has 7 heteroatoms. The van der Waals surface area contributed by atoms with Gasteiger partial charge in [0.1, 0.15) is 11.9 Å². The number of nitrogens with two attached hydrogens (primary N) is 1. The van der Waals surface area contributed by atoms with E-state index in [0.29, 0.717) is 0 Å². The van der Waals surface area contributed by atoms with Gasteiger partial charge in [0.15, 0.2) is 0 Å². The highest BCUT2D eigenvalue weighted by Crippen LogP contribution is 2.18. The number of methoxy groups -OCH3 is 2. The number of rotatable bonds is 5. The minimum Gasteiger partial charge on any atom is -0.465 e. The lowest BCUT2D eigenvalue weighted by atomic mass is 10.1. The van der Waals surface area contributed by atoms with Gasteiger partial charge in [0.25, 0.3) is 5.91 Å². The molecule has 1 aromatic rings. The zero-order chi connectivity index (χ0) is 14.4. The van der Waals surface area contributed by atoms with Crippen LogP contribution in [-0.4, -0.2) is 38.7 Å². The SMILES string of the molecule is COC(=O)c1ccc(F)cc1NC(=O)C(CN)OC. The van der Waals surface area contributed by atoms with Gasteiger partial charge in [-0.3, -0.25) is 4.79 Å². The van der Waals surface area contributed by atoms with Crippen LogP contribution in [0.25, 0.3) is 0 Å². The van der Waals surface area contributed by atoms with Gasteiger partial charge in [-0.1, -0.05) is 0 Å². The van der Waals surface area contributed by atoms with Crippen molar-refractivity contribution in [2.24, 2.45) is 5.73 Å². The van der Waals surface area contributed by atoms with E-state index < -0.39 is 23.8 Å². The highest BCUT2D eigenvalue weighted by atomic mass is 19.1. The fourth-order valence-electron chi connectivity index (χ4n) is 1.43. The van der Waals surface area contributed by atoms with Gasteiger partial charge >= 0.3 is 5.97 Å². The maximum Gasteiger partial charge on any atom is 0.339 e. The maximum atomic E-state index is 13.2. The lowest BCUT2D eigenvalue weighted by molar-refractivity contribution is -0.125. The average Bonchev–Trinajstić information content (AvgIpc) is 2.39. The summed E-state index contributed by atoms with van der Waals surface area (Å²) in [5.74, 6) is -1.84. The number of amides is 1. The molecular formula is C12H15FN2O4. The molecule has 0 aliphatic rings. The third-order valence-corrected chi connectivity index (χ3v) is 2.44. The molecule has 0 aliphatic heterocycles. The Morgan fingerprint density at radius 1 is 1.42 bits per heavy atom. The number of anilines is 1. The first kappa shape index (κ1) is 15.1. The Kier molecular flexibility index (Phi) is 5.40. The van der Waals surface area contributed by atoms with Gasteiger partial charge in [0.05, 0.1) is 18.4 Å². The van der Waals surface area contributed by atoms with Gasteiger partial charge in [-0.15, -0.1) is 0 Å². The van der Waals surface area contributed by atoms with E-state index >= 15 is 0 Å². The number of halogens is 1. The van der Waals surface area contributed by atoms with Crippen molar-refractivity contribution in [3.05, 3.63) is 29.6 Å². The Morgan fingerprint density at radius 3 is 2.63 bits per heavy atom. The Labute approximate surface area is 109 Å². The van der Waals surface area contributed by atoms with Crippen LogP contribution in [-0.2, 0) is 14.3 Å². The van der Waals surface area contributed by atoms with Crippen LogP contribution in [0.2, 0.25) is 0 Å². The summed E-state index contributed by atoms with van der Waals surface area (Å²) in [6, 6.07) is 3.34. The molecule has 6 nitrogen and oxygen atoms in total. The van der Waals surface area contributed by atoms with E-state index in [9.17, 15) is 14.0 Å². The minimum atomic E-state index is -0.881. The smallest absolute Gasteiger partial charge is 0.339 e. The molecule has 0 spiro atoms. The molecule has 3 N–H and O–H groups in total. The first-order chi connectivity index (χ1) is 9.03. The van der Waals surface area contributed by atoms with Gasteiger partial charge in [0, 0.05) is 13.7 Å². The quantitative estimate of drug-likeness (QED) is 0.761. The molecule has 0 heterocycles. The van der Waals surface area contributed by atoms with Crippen LogP contribution in [0.3, 0.4) is 0 Å². The second-order valence-corrected chi connectivity index (χ2v) is 3.63. The predicted molar refractivity (Wildman–Crippen MR) is 66.2 cm³/mol. The fraction of sp³-hybridized carbons (Fsp3) is 0.333. The number of hydrogen-bond acceptors (Lipinski definition) is 5. The highest BCUT2D eigenvalue weighted by molar-refractivity contribution is 6.02. The van der Waals surface area contributed by atoms with Crippen molar-refractivity contribution in [2.45, 2.75) is 6.10 Å². The van der Waals surface area contributed by atoms with Crippen LogP contribution >= 0.6 is 0 Å². The number of hydrogen-bond donors (Lipinski definition) is 2. The number of carbonyl (C=O) groups excluding carboxylic acids is 2. The molecule has 0 saturated heterocycles. The molecule has 0 bridgehead atoms. The topological polar surface area (TPSA) is 90.7 Å². The van der Waals surface area contributed by atoms with E-state index in [1.165, 1.54) is 20.3 Å². The largest absolute Gasteiger partial charge is 0.465 e. The van der Waals surface area contributed by atoms with Crippen molar-refractivity contribution in [2.75, 3.05) is 26.1 Å². The van der Waals surface area contributed by atoms with Crippen LogP contribution < -0.4 is 11.1 Å². The molecule has 104 valence electrons. The normalized spacial score (nSPS) is 11.8. The summed E-state index contributed by atoms with van der Waals surface area (Å²) in [5, 5.41) is 2.38. The van der Waals surface area contributed by atoms with Crippen molar-refractivity contribution < 1.29 is 23.5 Å². The highest BCUT2D eigenvalue weighted by Gasteiger charge is 2.20. The lowest BCUT2D eigenvalue weighted by Crippen LogP contribution is -2.36. The summed E-state index contributed by atoms with van der Waals surface area (Å²) in [5.41, 5.74) is 5.39. The van der Waals surface area contributed by atoms with Crippen LogP contribution in [0.1, 0.15) is 10.4 Å². The molecule has 0 fully saturated rings. The van der Waals surface area contributed by atoms with Crippen LogP contribution in [0.5, 0.6) is 0 Å². The van der Waals surface area contributed by atoms with Crippen molar-refractivity contribution >= 4 is 17.6 Å². The van der Waals surface area contributed by atoms with Crippen molar-refractivity contribution in [1.29, 1.82) is 0 Å². The molecule has 0 saturated carbocycles. The Morgan fingerprint density at radius 2 is 2.11 bits per heavy atom. The Balaban J connectivity index is 3.02. The summed E-state index contributed by atoms with van der Waals surface area (Å²) in [4.78, 5) is 23.2. The molecule has 19 heavy (non-hydrogen) atoms. The number of ether oxygens (including phenoxy) is 2. The van der Waals surface area contributed by atoms with Gasteiger partial charge in [-0.25, -0.2) is 9.18 Å². The lowest BCUT2D eigenvalue weighted by Gasteiger charge is -2.14. The third-order valence-electron chi connectivity index (χ3n) is 2.44. The molecule has 0 radical (unpaired) electrons. The number of esters is 1. The van der Waals surface area contributed by atoms with Crippen LogP contribution in [0.15, 0.2) is 18.2 Å². The summed E-state index contributed by atoms with van der Waals surface area (Å²) in [6.45, 7) is -0.0365. The number of nitrogens with one attached hydrogen (secondary N) is 1. The predicted octanol–water partition coefficient (Wildman–Crippen LogP) is 0.524. The maximum absolute atomic E-state index is 13.2. The van der Waals surface area contributed by atoms with E-state index in [4.69, 9.17) is 10.5 Å². The van der Waals surface area contributed by atoms with Gasteiger partial charge < -0.3 is 20.5 Å². The van der Waals surface area contributed by atoms with E-state index in [-0.39, 0.29) is 17.8 Å². The average molecular weight is 270 g/mol. The molecule has 1 atom stereocenters. The molecule has 0 aromatic heterocycles. The zero-order valence-electron chi connectivity index (χ0n) is 10.6. The van der Waals surface area contributed by atoms with Gasteiger partial charge in [-0.05, 0) is 18.2 Å². The minimum absolute atomic E-state index is 0.00681. The van der Waals surface area contributed by atoms with Crippen molar-refractivity contribution in [3.8, 4) is 0 Å². The monoisotopic (exact) mass is 270 g/mol. The summed E-state index contributed by atoms with van der Waals surface area (Å²) < 4.78 is 22.6. The van der Waals surface area contributed by atoms with Crippen molar-refractivity contribution in [3.63, 3.8) is 0 Å². The number of benzene rings is 1. The second-order valence-electron chi connectivity index (χ2n) is 3.63. The van der Waals surface area contributed by atoms with Crippen LogP contribution in [0.4, 0.5) is 10.1 Å². The molecule has 1 aromatic carbocycles. The standard InChI is InChI=1S/C12H15FN2O4/c1-18-10(6-14)11(16)15-9-5-7(13)3-4-8(9)12(17)19-2/h3-5,10H,6,14H2,1-2H3,(H,15,16).